The van der Waals surface area contributed by atoms with E-state index in [0.29, 0.717) is 19.7 Å². The summed E-state index contributed by atoms with van der Waals surface area (Å²) in [4.78, 5) is 26.7. The lowest BCUT2D eigenvalue weighted by atomic mass is 9.77. The molecular weight excluding hydrogens is 416 g/mol. The van der Waals surface area contributed by atoms with Crippen LogP contribution in [-0.2, 0) is 19.1 Å². The summed E-state index contributed by atoms with van der Waals surface area (Å²) in [7, 11) is 1.51. The number of alkyl halides is 3. The Balaban J connectivity index is 0.000000396. The molecule has 0 unspecified atom stereocenters. The summed E-state index contributed by atoms with van der Waals surface area (Å²) in [6.45, 7) is 2.16. The second-order valence-corrected chi connectivity index (χ2v) is 6.89. The van der Waals surface area contributed by atoms with Gasteiger partial charge in [-0.25, -0.2) is 14.2 Å². The highest BCUT2D eigenvalue weighted by Gasteiger charge is 2.49. The minimum atomic E-state index is -5.08. The maximum Gasteiger partial charge on any atom is 0.490 e. The van der Waals surface area contributed by atoms with Gasteiger partial charge in [-0.05, 0) is 25.0 Å². The lowest BCUT2D eigenvalue weighted by Crippen LogP contribution is -2.54. The normalized spacial score (nSPS) is 23.2. The number of fused-ring (bicyclic) bond motifs is 1. The summed E-state index contributed by atoms with van der Waals surface area (Å²) in [6.07, 6.45) is -2.03. The molecule has 0 saturated carbocycles. The number of piperidine rings is 1. The number of methoxy groups -OCH3 is 1. The number of likely N-dealkylation sites (tertiary alicyclic amines) is 1. The van der Waals surface area contributed by atoms with Gasteiger partial charge in [-0.3, -0.25) is 4.79 Å². The summed E-state index contributed by atoms with van der Waals surface area (Å²) in [5.41, 5.74) is -0.314. The van der Waals surface area contributed by atoms with Crippen LogP contribution in [0.25, 0.3) is 0 Å². The number of pyridine rings is 1. The smallest absolute Gasteiger partial charge is 0.475 e. The van der Waals surface area contributed by atoms with Crippen molar-refractivity contribution in [3.05, 3.63) is 24.1 Å². The molecule has 2 saturated heterocycles. The topological polar surface area (TPSA) is 98.2 Å². The van der Waals surface area contributed by atoms with Crippen molar-refractivity contribution in [2.45, 2.75) is 25.1 Å². The highest BCUT2D eigenvalue weighted by molar-refractivity contribution is 5.77. The van der Waals surface area contributed by atoms with Crippen LogP contribution in [0.3, 0.4) is 0 Å². The van der Waals surface area contributed by atoms with Crippen LogP contribution in [0, 0.1) is 11.2 Å². The molecule has 1 aromatic heterocycles. The average molecular weight is 438 g/mol. The lowest BCUT2D eigenvalue weighted by molar-refractivity contribution is -0.192. The molecule has 1 amide bonds. The highest BCUT2D eigenvalue weighted by atomic mass is 19.4. The maximum atomic E-state index is 13.7. The quantitative estimate of drug-likeness (QED) is 0.701. The van der Waals surface area contributed by atoms with Crippen LogP contribution < -0.4 is 4.74 Å². The minimum Gasteiger partial charge on any atom is -0.475 e. The second-order valence-electron chi connectivity index (χ2n) is 6.89. The zero-order chi connectivity index (χ0) is 22.4. The van der Waals surface area contributed by atoms with Gasteiger partial charge < -0.3 is 24.2 Å². The van der Waals surface area contributed by atoms with E-state index in [0.717, 1.165) is 12.8 Å². The Labute approximate surface area is 169 Å². The molecule has 1 aromatic rings. The molecule has 2 aliphatic heterocycles. The van der Waals surface area contributed by atoms with Crippen molar-refractivity contribution < 1.29 is 46.5 Å². The Morgan fingerprint density at radius 2 is 2.13 bits per heavy atom. The van der Waals surface area contributed by atoms with E-state index in [1.807, 2.05) is 0 Å². The molecule has 0 bridgehead atoms. The molecule has 0 aliphatic carbocycles. The number of carboxylic acid groups (broad SMARTS) is 1. The summed E-state index contributed by atoms with van der Waals surface area (Å²) in [6, 6.07) is 2.84. The monoisotopic (exact) mass is 438 g/mol. The molecule has 8 nitrogen and oxygen atoms in total. The third-order valence-corrected chi connectivity index (χ3v) is 4.85. The van der Waals surface area contributed by atoms with Gasteiger partial charge in [0.05, 0.1) is 18.1 Å². The predicted molar refractivity (Wildman–Crippen MR) is 93.2 cm³/mol. The van der Waals surface area contributed by atoms with Crippen LogP contribution in [0.5, 0.6) is 5.88 Å². The maximum absolute atomic E-state index is 13.7. The van der Waals surface area contributed by atoms with E-state index in [1.54, 1.807) is 4.90 Å². The molecule has 2 atom stereocenters. The number of carboxylic acids is 1. The molecular formula is C18H22F4N2O6. The van der Waals surface area contributed by atoms with E-state index >= 15 is 0 Å². The van der Waals surface area contributed by atoms with E-state index in [2.05, 4.69) is 4.98 Å². The molecule has 12 heteroatoms. The molecule has 0 radical (unpaired) electrons. The van der Waals surface area contributed by atoms with Gasteiger partial charge in [0.15, 0.2) is 5.82 Å². The molecule has 0 spiro atoms. The molecule has 3 rings (SSSR count). The van der Waals surface area contributed by atoms with Crippen molar-refractivity contribution in [2.75, 3.05) is 40.0 Å². The van der Waals surface area contributed by atoms with Gasteiger partial charge in [0, 0.05) is 33.0 Å². The van der Waals surface area contributed by atoms with Crippen LogP contribution in [0.1, 0.15) is 12.8 Å². The van der Waals surface area contributed by atoms with Crippen LogP contribution in [-0.4, -0.2) is 79.2 Å². The van der Waals surface area contributed by atoms with E-state index in [4.69, 9.17) is 24.1 Å². The fourth-order valence-corrected chi connectivity index (χ4v) is 3.37. The summed E-state index contributed by atoms with van der Waals surface area (Å²) >= 11 is 0. The summed E-state index contributed by atoms with van der Waals surface area (Å²) < 4.78 is 61.8. The molecule has 3 heterocycles. The molecule has 2 fully saturated rings. The number of aliphatic carboxylic acids is 1. The summed E-state index contributed by atoms with van der Waals surface area (Å²) in [5.74, 6) is -3.29. The van der Waals surface area contributed by atoms with E-state index in [9.17, 15) is 22.4 Å². The van der Waals surface area contributed by atoms with Gasteiger partial charge in [0.1, 0.15) is 6.61 Å². The van der Waals surface area contributed by atoms with Crippen molar-refractivity contribution >= 4 is 11.9 Å². The first-order valence-corrected chi connectivity index (χ1v) is 9.01. The van der Waals surface area contributed by atoms with Gasteiger partial charge in [0.25, 0.3) is 0 Å². The first kappa shape index (κ1) is 23.8. The fraction of sp³-hybridized carbons (Fsp3) is 0.611. The van der Waals surface area contributed by atoms with Crippen molar-refractivity contribution in [1.82, 2.24) is 9.88 Å². The Morgan fingerprint density at radius 3 is 2.73 bits per heavy atom. The van der Waals surface area contributed by atoms with Gasteiger partial charge in [0.2, 0.25) is 11.8 Å². The van der Waals surface area contributed by atoms with Gasteiger partial charge in [-0.2, -0.15) is 13.2 Å². The molecule has 1 N–H and O–H groups in total. The van der Waals surface area contributed by atoms with E-state index in [-0.39, 0.29) is 36.5 Å². The van der Waals surface area contributed by atoms with Crippen LogP contribution in [0.15, 0.2) is 18.3 Å². The zero-order valence-electron chi connectivity index (χ0n) is 16.2. The number of amides is 1. The molecule has 0 aromatic carbocycles. The Morgan fingerprint density at radius 1 is 1.43 bits per heavy atom. The Kier molecular flexibility index (Phi) is 7.96. The molecule has 2 aliphatic rings. The SMILES string of the molecule is COCC(=O)N1CC[C@H]2OCC[C@@]2(COc2ncccc2F)C1.O=C(O)C(F)(F)F. The van der Waals surface area contributed by atoms with Gasteiger partial charge >= 0.3 is 12.1 Å². The third-order valence-electron chi connectivity index (χ3n) is 4.85. The fourth-order valence-electron chi connectivity index (χ4n) is 3.37. The predicted octanol–water partition coefficient (Wildman–Crippen LogP) is 1.89. The van der Waals surface area contributed by atoms with Crippen LogP contribution in [0.2, 0.25) is 0 Å². The number of ether oxygens (including phenoxy) is 3. The van der Waals surface area contributed by atoms with Gasteiger partial charge in [-0.1, -0.05) is 0 Å². The van der Waals surface area contributed by atoms with Crippen molar-refractivity contribution in [3.8, 4) is 5.88 Å². The van der Waals surface area contributed by atoms with Gasteiger partial charge in [-0.15, -0.1) is 0 Å². The third kappa shape index (κ3) is 6.02. The number of halogens is 4. The summed E-state index contributed by atoms with van der Waals surface area (Å²) in [5, 5.41) is 7.12. The number of aromatic nitrogens is 1. The first-order valence-electron chi connectivity index (χ1n) is 9.01. The van der Waals surface area contributed by atoms with E-state index in [1.165, 1.54) is 25.4 Å². The second kappa shape index (κ2) is 10.0. The lowest BCUT2D eigenvalue weighted by Gasteiger charge is -2.43. The Hall–Kier alpha value is -2.47. The standard InChI is InChI=1S/C16H21FN2O4.C2HF3O2/c1-21-9-14(20)19-7-4-13-16(10-19,5-8-22-13)11-23-15-12(17)3-2-6-18-15;3-2(4,5)1(6)7/h2-3,6,13H,4-5,7-11H2,1H3;(H,6,7)/t13-,16+;/m1./s1. The minimum absolute atomic E-state index is 0.00661. The van der Waals surface area contributed by atoms with Crippen LogP contribution >= 0.6 is 0 Å². The molecule has 168 valence electrons. The average Bonchev–Trinajstić information content (AvgIpc) is 3.10. The highest BCUT2D eigenvalue weighted by Crippen LogP contribution is 2.41. The number of hydrogen-bond donors (Lipinski definition) is 1. The Bertz CT molecular complexity index is 748. The number of nitrogens with zero attached hydrogens (tertiary/aromatic N) is 2. The van der Waals surface area contributed by atoms with E-state index < -0.39 is 18.0 Å². The van der Waals surface area contributed by atoms with Crippen LogP contribution in [0.4, 0.5) is 17.6 Å². The van der Waals surface area contributed by atoms with Crippen molar-refractivity contribution in [1.29, 1.82) is 0 Å². The number of carbonyl (C=O) groups is 2. The number of rotatable bonds is 5. The first-order chi connectivity index (χ1) is 14.1. The number of carbonyl (C=O) groups excluding carboxylic acids is 1. The zero-order valence-corrected chi connectivity index (χ0v) is 16.2. The molecule has 30 heavy (non-hydrogen) atoms. The van der Waals surface area contributed by atoms with Crippen molar-refractivity contribution in [3.63, 3.8) is 0 Å². The van der Waals surface area contributed by atoms with Crippen molar-refractivity contribution in [2.24, 2.45) is 5.41 Å². The number of hydrogen-bond acceptors (Lipinski definition) is 6. The largest absolute Gasteiger partial charge is 0.490 e.